The molecule has 4 aromatic carbocycles. The summed E-state index contributed by atoms with van der Waals surface area (Å²) in [5.41, 5.74) is -2.23. The van der Waals surface area contributed by atoms with Crippen LogP contribution < -0.4 is 0 Å². The van der Waals surface area contributed by atoms with Gasteiger partial charge < -0.3 is 85.0 Å². The highest BCUT2D eigenvalue weighted by molar-refractivity contribution is 5.93. The molecule has 0 spiro atoms. The molecule has 5 rings (SSSR count). The highest BCUT2D eigenvalue weighted by atomic mass is 16.7. The van der Waals surface area contributed by atoms with Gasteiger partial charge in [-0.3, -0.25) is 0 Å². The number of benzene rings is 4. The Kier molecular flexibility index (Phi) is 10.6. The molecule has 55 heavy (non-hydrogen) atoms. The minimum Gasteiger partial charge on any atom is -0.504 e. The summed E-state index contributed by atoms with van der Waals surface area (Å²) in [5, 5.41) is 118. The van der Waals surface area contributed by atoms with E-state index in [2.05, 4.69) is 0 Å². The first-order valence-electron chi connectivity index (χ1n) is 15.3. The zero-order valence-corrected chi connectivity index (χ0v) is 27.4. The maximum absolute atomic E-state index is 13.2. The van der Waals surface area contributed by atoms with E-state index < -0.39 is 153 Å². The van der Waals surface area contributed by atoms with E-state index in [0.29, 0.717) is 36.4 Å². The summed E-state index contributed by atoms with van der Waals surface area (Å²) in [4.78, 5) is 52.5. The molecule has 4 aromatic rings. The van der Waals surface area contributed by atoms with Crippen LogP contribution in [0.1, 0.15) is 47.9 Å². The van der Waals surface area contributed by atoms with Crippen molar-refractivity contribution in [1.29, 1.82) is 0 Å². The van der Waals surface area contributed by atoms with Gasteiger partial charge in [-0.05, 0) is 48.5 Å². The smallest absolute Gasteiger partial charge is 0.340 e. The van der Waals surface area contributed by atoms with Crippen molar-refractivity contribution in [3.8, 4) is 69.0 Å². The SMILES string of the molecule is O=C(OC[C@H]1O[C@@H](OC(=O)c2cc(O)c(O)c(O)c2)[C@H](OC(=O)c2cc(O)c(O)c(O)c2)C[C@@H]1OC(=O)c1cc(O)c(O)c(O)c1)c1cc(O)c(O)c(O)c1. The number of aromatic hydroxyl groups is 12. The molecule has 1 heterocycles. The maximum atomic E-state index is 13.2. The molecule has 4 atom stereocenters. The normalized spacial score (nSPS) is 17.8. The van der Waals surface area contributed by atoms with Gasteiger partial charge in [-0.15, -0.1) is 0 Å². The van der Waals surface area contributed by atoms with E-state index >= 15 is 0 Å². The third kappa shape index (κ3) is 8.20. The molecule has 0 amide bonds. The zero-order chi connectivity index (χ0) is 40.5. The van der Waals surface area contributed by atoms with Gasteiger partial charge >= 0.3 is 23.9 Å². The molecule has 1 aliphatic heterocycles. The first-order valence-corrected chi connectivity index (χ1v) is 15.3. The molecule has 12 N–H and O–H groups in total. The molecule has 1 fully saturated rings. The van der Waals surface area contributed by atoms with Crippen LogP contribution in [0.2, 0.25) is 0 Å². The average molecular weight is 773 g/mol. The number of carbonyl (C=O) groups is 4. The lowest BCUT2D eigenvalue weighted by molar-refractivity contribution is -0.250. The standard InChI is InChI=1S/C34H28O21/c35-15-1-11(2-16(36)26(15)43)30(47)51-10-25-23(52-31(48)12-3-17(37)27(44)18(38)4-12)9-24(53-32(49)13-5-19(39)28(45)20(40)6-13)34(54-25)55-33(50)14-7-21(41)29(46)22(42)8-14/h1-8,23-25,34-46H,9-10H2/t23-,24+,25+,34-/m0/s1. The topological polar surface area (TPSA) is 357 Å². The number of hydrogen-bond acceptors (Lipinski definition) is 21. The molecule has 0 aliphatic carbocycles. The van der Waals surface area contributed by atoms with Crippen LogP contribution in [0.5, 0.6) is 69.0 Å². The predicted octanol–water partition coefficient (Wildman–Crippen LogP) is 1.73. The lowest BCUT2D eigenvalue weighted by Crippen LogP contribution is -2.53. The van der Waals surface area contributed by atoms with Crippen molar-refractivity contribution in [1.82, 2.24) is 0 Å². The first-order chi connectivity index (χ1) is 25.8. The van der Waals surface area contributed by atoms with Gasteiger partial charge in [0.05, 0.1) is 22.3 Å². The van der Waals surface area contributed by atoms with Crippen molar-refractivity contribution in [2.75, 3.05) is 6.61 Å². The van der Waals surface area contributed by atoms with Crippen molar-refractivity contribution in [3.05, 3.63) is 70.8 Å². The van der Waals surface area contributed by atoms with Crippen molar-refractivity contribution in [2.45, 2.75) is 31.0 Å². The van der Waals surface area contributed by atoms with Crippen LogP contribution in [0.15, 0.2) is 48.5 Å². The second kappa shape index (κ2) is 15.1. The van der Waals surface area contributed by atoms with Crippen molar-refractivity contribution in [2.24, 2.45) is 0 Å². The minimum absolute atomic E-state index is 0.505. The molecule has 1 saturated heterocycles. The highest BCUT2D eigenvalue weighted by Gasteiger charge is 2.45. The summed E-state index contributed by atoms with van der Waals surface area (Å²) in [6.07, 6.45) is -7.97. The third-order valence-corrected chi connectivity index (χ3v) is 7.83. The van der Waals surface area contributed by atoms with E-state index in [0.717, 1.165) is 12.1 Å². The Morgan fingerprint density at radius 2 is 0.745 bits per heavy atom. The lowest BCUT2D eigenvalue weighted by atomic mass is 10.0. The second-order valence-corrected chi connectivity index (χ2v) is 11.6. The molecule has 0 radical (unpaired) electrons. The number of carbonyl (C=O) groups excluding carboxylic acids is 4. The number of esters is 4. The highest BCUT2D eigenvalue weighted by Crippen LogP contribution is 2.40. The van der Waals surface area contributed by atoms with Crippen LogP contribution in [-0.2, 0) is 23.7 Å². The predicted molar refractivity (Wildman–Crippen MR) is 173 cm³/mol. The third-order valence-electron chi connectivity index (χ3n) is 7.83. The summed E-state index contributed by atoms with van der Waals surface area (Å²) in [7, 11) is 0. The number of ether oxygens (including phenoxy) is 5. The molecule has 21 nitrogen and oxygen atoms in total. The summed E-state index contributed by atoms with van der Waals surface area (Å²) in [6, 6.07) is 5.58. The average Bonchev–Trinajstić information content (AvgIpc) is 3.13. The van der Waals surface area contributed by atoms with Crippen molar-refractivity contribution >= 4 is 23.9 Å². The Morgan fingerprint density at radius 3 is 1.09 bits per heavy atom. The zero-order valence-electron chi connectivity index (χ0n) is 27.4. The number of rotatable bonds is 9. The largest absolute Gasteiger partial charge is 0.504 e. The molecular weight excluding hydrogens is 744 g/mol. The quantitative estimate of drug-likeness (QED) is 0.0654. The molecule has 0 unspecified atom stereocenters. The molecule has 21 heteroatoms. The Bertz CT molecular complexity index is 2100. The fourth-order valence-corrected chi connectivity index (χ4v) is 5.03. The van der Waals surface area contributed by atoms with Gasteiger partial charge in [-0.2, -0.15) is 0 Å². The van der Waals surface area contributed by atoms with Gasteiger partial charge in [-0.25, -0.2) is 19.2 Å². The van der Waals surface area contributed by atoms with Gasteiger partial charge in [0.2, 0.25) is 6.29 Å². The van der Waals surface area contributed by atoms with Crippen molar-refractivity contribution in [3.63, 3.8) is 0 Å². The van der Waals surface area contributed by atoms with Crippen molar-refractivity contribution < 1.29 is 104 Å². The van der Waals surface area contributed by atoms with Crippen LogP contribution in [0.4, 0.5) is 0 Å². The molecule has 0 saturated carbocycles. The van der Waals surface area contributed by atoms with E-state index in [1.54, 1.807) is 0 Å². The Morgan fingerprint density at radius 1 is 0.455 bits per heavy atom. The van der Waals surface area contributed by atoms with Gasteiger partial charge in [-0.1, -0.05) is 0 Å². The van der Waals surface area contributed by atoms with E-state index in [-0.39, 0.29) is 0 Å². The van der Waals surface area contributed by atoms with E-state index in [4.69, 9.17) is 23.7 Å². The Hall–Kier alpha value is -7.68. The molecule has 0 aromatic heterocycles. The van der Waals surface area contributed by atoms with Gasteiger partial charge in [0.15, 0.2) is 75.1 Å². The molecule has 1 aliphatic rings. The first kappa shape index (κ1) is 38.5. The summed E-state index contributed by atoms with van der Waals surface area (Å²) in [5.74, 6) is -16.8. The number of phenolic OH excluding ortho intramolecular Hbond substituents is 12. The van der Waals surface area contributed by atoms with E-state index in [9.17, 15) is 80.5 Å². The molecule has 0 bridgehead atoms. The summed E-state index contributed by atoms with van der Waals surface area (Å²) in [6.45, 7) is -0.916. The van der Waals surface area contributed by atoms with Crippen LogP contribution >= 0.6 is 0 Å². The van der Waals surface area contributed by atoms with Gasteiger partial charge in [0, 0.05) is 6.42 Å². The summed E-state index contributed by atoms with van der Waals surface area (Å²) < 4.78 is 27.2. The van der Waals surface area contributed by atoms with Crippen LogP contribution in [-0.4, -0.2) is 116 Å². The van der Waals surface area contributed by atoms with Gasteiger partial charge in [0.25, 0.3) is 0 Å². The maximum Gasteiger partial charge on any atom is 0.340 e. The lowest BCUT2D eigenvalue weighted by Gasteiger charge is -2.39. The van der Waals surface area contributed by atoms with E-state index in [1.165, 1.54) is 0 Å². The van der Waals surface area contributed by atoms with E-state index in [1.807, 2.05) is 0 Å². The fourth-order valence-electron chi connectivity index (χ4n) is 5.03. The van der Waals surface area contributed by atoms with Crippen LogP contribution in [0.3, 0.4) is 0 Å². The van der Waals surface area contributed by atoms with Crippen LogP contribution in [0, 0.1) is 0 Å². The minimum atomic E-state index is -2.06. The number of phenols is 12. The van der Waals surface area contributed by atoms with Gasteiger partial charge in [0.1, 0.15) is 18.8 Å². The molecule has 290 valence electrons. The molecular formula is C34H28O21. The second-order valence-electron chi connectivity index (χ2n) is 11.6. The fraction of sp³-hybridized carbons (Fsp3) is 0.176. The Labute approximate surface area is 305 Å². The number of hydrogen-bond donors (Lipinski definition) is 12. The Balaban J connectivity index is 1.50. The summed E-state index contributed by atoms with van der Waals surface area (Å²) >= 11 is 0. The monoisotopic (exact) mass is 772 g/mol. The van der Waals surface area contributed by atoms with Crippen LogP contribution in [0.25, 0.3) is 0 Å².